The molecule has 2 atom stereocenters. The van der Waals surface area contributed by atoms with Crippen molar-refractivity contribution in [1.82, 2.24) is 4.90 Å². The van der Waals surface area contributed by atoms with Crippen molar-refractivity contribution in [1.29, 1.82) is 0 Å². The van der Waals surface area contributed by atoms with Gasteiger partial charge < -0.3 is 25.4 Å². The Labute approximate surface area is 213 Å². The van der Waals surface area contributed by atoms with Crippen molar-refractivity contribution in [3.05, 3.63) is 89.5 Å². The number of hydrogen-bond donors (Lipinski definition) is 3. The van der Waals surface area contributed by atoms with Crippen LogP contribution in [-0.2, 0) is 14.4 Å². The summed E-state index contributed by atoms with van der Waals surface area (Å²) >= 11 is 0. The number of ether oxygens (including phenoxy) is 1. The van der Waals surface area contributed by atoms with Crippen molar-refractivity contribution in [3.63, 3.8) is 0 Å². The lowest BCUT2D eigenvalue weighted by Crippen LogP contribution is -2.44. The van der Waals surface area contributed by atoms with E-state index >= 15 is 0 Å². The maximum absolute atomic E-state index is 14.0. The number of alkyl halides is 3. The molecule has 3 aromatic carbocycles. The maximum Gasteiger partial charge on any atom is 0.573 e. The van der Waals surface area contributed by atoms with Crippen LogP contribution in [0.25, 0.3) is 0 Å². The molecule has 1 heterocycles. The van der Waals surface area contributed by atoms with Crippen LogP contribution in [0.15, 0.2) is 72.8 Å². The number of carboxylic acid groups (broad SMARTS) is 1. The Morgan fingerprint density at radius 2 is 1.68 bits per heavy atom. The van der Waals surface area contributed by atoms with Crippen LogP contribution >= 0.6 is 0 Å². The number of rotatable bonds is 6. The van der Waals surface area contributed by atoms with E-state index in [1.807, 2.05) is 0 Å². The third-order valence-corrected chi connectivity index (χ3v) is 5.65. The zero-order valence-electron chi connectivity index (χ0n) is 19.7. The van der Waals surface area contributed by atoms with Crippen molar-refractivity contribution < 1.29 is 42.2 Å². The minimum absolute atomic E-state index is 0.0439. The zero-order valence-corrected chi connectivity index (χ0v) is 19.7. The summed E-state index contributed by atoms with van der Waals surface area (Å²) in [5.74, 6) is -4.08. The summed E-state index contributed by atoms with van der Waals surface area (Å²) in [5, 5.41) is 15.3. The number of anilines is 2. The van der Waals surface area contributed by atoms with E-state index in [0.29, 0.717) is 0 Å². The number of hydrogen-bond acceptors (Lipinski definition) is 5. The Hall–Kier alpha value is -4.87. The van der Waals surface area contributed by atoms with E-state index in [1.165, 1.54) is 37.3 Å². The van der Waals surface area contributed by atoms with Gasteiger partial charge in [0, 0.05) is 12.6 Å². The largest absolute Gasteiger partial charge is 0.573 e. The summed E-state index contributed by atoms with van der Waals surface area (Å²) in [6, 6.07) is 12.9. The molecule has 0 aromatic heterocycles. The van der Waals surface area contributed by atoms with Gasteiger partial charge in [-0.2, -0.15) is 0 Å². The minimum atomic E-state index is -4.95. The lowest BCUT2D eigenvalue weighted by atomic mass is 9.97. The van der Waals surface area contributed by atoms with Crippen LogP contribution in [-0.4, -0.2) is 40.1 Å². The van der Waals surface area contributed by atoms with Gasteiger partial charge in [-0.05, 0) is 41.5 Å². The molecule has 0 bridgehead atoms. The van der Waals surface area contributed by atoms with E-state index < -0.39 is 47.9 Å². The molecule has 1 aliphatic heterocycles. The minimum Gasteiger partial charge on any atom is -0.479 e. The van der Waals surface area contributed by atoms with Crippen LogP contribution in [0.4, 0.5) is 24.5 Å². The molecule has 12 heteroatoms. The van der Waals surface area contributed by atoms with Crippen LogP contribution in [0.3, 0.4) is 0 Å². The highest BCUT2D eigenvalue weighted by molar-refractivity contribution is 6.12. The van der Waals surface area contributed by atoms with Gasteiger partial charge in [0.1, 0.15) is 11.8 Å². The number of carbonyl (C=O) groups is 4. The molecular weight excluding hydrogens is 507 g/mol. The first-order chi connectivity index (χ1) is 17.9. The third-order valence-electron chi connectivity index (χ3n) is 5.65. The highest BCUT2D eigenvalue weighted by Gasteiger charge is 2.44. The predicted molar refractivity (Wildman–Crippen MR) is 128 cm³/mol. The summed E-state index contributed by atoms with van der Waals surface area (Å²) in [7, 11) is 0. The van der Waals surface area contributed by atoms with E-state index in [9.17, 15) is 37.5 Å². The normalized spacial score (nSPS) is 16.1. The molecule has 3 amide bonds. The standard InChI is InChI=1S/C26H20F3N3O6/c1-14(33)30-17-9-12-20-19(13-17)24(35)32(22(25(36)37)15-5-3-2-4-6-15)21(23(34)31-20)16-7-10-18(11-8-16)38-26(27,28)29/h2-13,21-22H,1H3,(H,30,33)(H,31,34)(H,36,37). The Kier molecular flexibility index (Phi) is 7.06. The summed E-state index contributed by atoms with van der Waals surface area (Å²) in [5.41, 5.74) is 0.437. The van der Waals surface area contributed by atoms with Gasteiger partial charge in [0.25, 0.3) is 11.8 Å². The molecule has 0 saturated carbocycles. The van der Waals surface area contributed by atoms with Crippen LogP contribution in [0.1, 0.15) is 40.5 Å². The first kappa shape index (κ1) is 26.2. The van der Waals surface area contributed by atoms with Crippen molar-refractivity contribution in [2.75, 3.05) is 10.6 Å². The van der Waals surface area contributed by atoms with E-state index in [-0.39, 0.29) is 28.1 Å². The number of halogens is 3. The van der Waals surface area contributed by atoms with E-state index in [2.05, 4.69) is 15.4 Å². The summed E-state index contributed by atoms with van der Waals surface area (Å²) in [6.45, 7) is 1.26. The summed E-state index contributed by atoms with van der Waals surface area (Å²) in [4.78, 5) is 52.4. The summed E-state index contributed by atoms with van der Waals surface area (Å²) < 4.78 is 41.8. The van der Waals surface area contributed by atoms with Gasteiger partial charge in [0.2, 0.25) is 5.91 Å². The van der Waals surface area contributed by atoms with E-state index in [0.717, 1.165) is 29.2 Å². The fourth-order valence-corrected chi connectivity index (χ4v) is 4.18. The summed E-state index contributed by atoms with van der Waals surface area (Å²) in [6.07, 6.45) is -4.95. The Morgan fingerprint density at radius 3 is 2.26 bits per heavy atom. The average Bonchev–Trinajstić information content (AvgIpc) is 2.93. The van der Waals surface area contributed by atoms with Gasteiger partial charge in [-0.3, -0.25) is 14.4 Å². The average molecular weight is 527 g/mol. The fraction of sp³-hybridized carbons (Fsp3) is 0.154. The predicted octanol–water partition coefficient (Wildman–Crippen LogP) is 4.51. The molecule has 2 unspecified atom stereocenters. The SMILES string of the molecule is CC(=O)Nc1ccc2c(c1)C(=O)N(C(C(=O)O)c1ccccc1)C(c1ccc(OC(F)(F)F)cc1)C(=O)N2. The molecule has 4 rings (SSSR count). The topological polar surface area (TPSA) is 125 Å². The number of benzene rings is 3. The molecule has 38 heavy (non-hydrogen) atoms. The molecule has 0 radical (unpaired) electrons. The highest BCUT2D eigenvalue weighted by atomic mass is 19.4. The van der Waals surface area contributed by atoms with Crippen molar-refractivity contribution in [2.45, 2.75) is 25.4 Å². The van der Waals surface area contributed by atoms with E-state index in [1.54, 1.807) is 18.2 Å². The number of carboxylic acids is 1. The molecular formula is C26H20F3N3O6. The van der Waals surface area contributed by atoms with Gasteiger partial charge >= 0.3 is 12.3 Å². The van der Waals surface area contributed by atoms with Gasteiger partial charge in [0.05, 0.1) is 11.3 Å². The Bertz CT molecular complexity index is 1390. The van der Waals surface area contributed by atoms with Crippen molar-refractivity contribution in [2.24, 2.45) is 0 Å². The van der Waals surface area contributed by atoms with Crippen molar-refractivity contribution in [3.8, 4) is 5.75 Å². The van der Waals surface area contributed by atoms with Crippen LogP contribution in [0.2, 0.25) is 0 Å². The lowest BCUT2D eigenvalue weighted by molar-refractivity contribution is -0.274. The maximum atomic E-state index is 14.0. The fourth-order valence-electron chi connectivity index (χ4n) is 4.18. The van der Waals surface area contributed by atoms with Crippen LogP contribution in [0.5, 0.6) is 5.75 Å². The molecule has 0 spiro atoms. The molecule has 3 aromatic rings. The Balaban J connectivity index is 1.88. The monoisotopic (exact) mass is 527 g/mol. The van der Waals surface area contributed by atoms with Crippen molar-refractivity contribution >= 4 is 35.1 Å². The van der Waals surface area contributed by atoms with E-state index in [4.69, 9.17) is 0 Å². The molecule has 0 aliphatic carbocycles. The molecule has 196 valence electrons. The molecule has 0 saturated heterocycles. The zero-order chi connectivity index (χ0) is 27.6. The Morgan fingerprint density at radius 1 is 1.03 bits per heavy atom. The van der Waals surface area contributed by atoms with Gasteiger partial charge in [0.15, 0.2) is 6.04 Å². The van der Waals surface area contributed by atoms with Gasteiger partial charge in [-0.1, -0.05) is 42.5 Å². The number of nitrogens with one attached hydrogen (secondary N) is 2. The number of nitrogens with zero attached hydrogens (tertiary/aromatic N) is 1. The highest BCUT2D eigenvalue weighted by Crippen LogP contribution is 2.39. The molecule has 9 nitrogen and oxygen atoms in total. The molecule has 0 fully saturated rings. The quantitative estimate of drug-likeness (QED) is 0.434. The first-order valence-corrected chi connectivity index (χ1v) is 11.1. The van der Waals surface area contributed by atoms with Gasteiger partial charge in [-0.15, -0.1) is 13.2 Å². The van der Waals surface area contributed by atoms with Crippen LogP contribution < -0.4 is 15.4 Å². The molecule has 3 N–H and O–H groups in total. The van der Waals surface area contributed by atoms with Crippen LogP contribution in [0, 0.1) is 0 Å². The smallest absolute Gasteiger partial charge is 0.479 e. The number of aliphatic carboxylic acids is 1. The second kappa shape index (κ2) is 10.2. The number of fused-ring (bicyclic) bond motifs is 1. The second-order valence-corrected chi connectivity index (χ2v) is 8.31. The number of carbonyl (C=O) groups excluding carboxylic acids is 3. The van der Waals surface area contributed by atoms with Gasteiger partial charge in [-0.25, -0.2) is 4.79 Å². The lowest BCUT2D eigenvalue weighted by Gasteiger charge is -2.34. The molecule has 1 aliphatic rings. The number of amides is 3. The first-order valence-electron chi connectivity index (χ1n) is 11.1. The third kappa shape index (κ3) is 5.59. The second-order valence-electron chi connectivity index (χ2n) is 8.31.